The molecule has 1 aromatic rings. The molecule has 0 spiro atoms. The van der Waals surface area contributed by atoms with E-state index < -0.39 is 6.36 Å². The number of nitrogens with one attached hydrogen (secondary N) is 1. The van der Waals surface area contributed by atoms with Crippen LogP contribution in [0.15, 0.2) is 36.2 Å². The zero-order valence-corrected chi connectivity index (χ0v) is 18.3. The van der Waals surface area contributed by atoms with E-state index in [0.717, 1.165) is 5.56 Å². The molecule has 12 heteroatoms. The zero-order valence-electron chi connectivity index (χ0n) is 18.3. The second-order valence-electron chi connectivity index (χ2n) is 8.39. The van der Waals surface area contributed by atoms with E-state index in [0.29, 0.717) is 38.3 Å². The Kier molecular flexibility index (Phi) is 7.57. The first-order chi connectivity index (χ1) is 15.6. The number of amides is 3. The second kappa shape index (κ2) is 10.2. The van der Waals surface area contributed by atoms with E-state index in [1.807, 2.05) is 4.90 Å². The van der Waals surface area contributed by atoms with Crippen molar-refractivity contribution in [1.29, 1.82) is 0 Å². The maximum atomic E-state index is 12.7. The number of alkyl halides is 3. The molecule has 2 fully saturated rings. The van der Waals surface area contributed by atoms with Gasteiger partial charge in [-0.25, -0.2) is 4.79 Å². The Bertz CT molecular complexity index is 863. The van der Waals surface area contributed by atoms with Crippen molar-refractivity contribution >= 4 is 11.9 Å². The van der Waals surface area contributed by atoms with Gasteiger partial charge in [0.1, 0.15) is 5.75 Å². The third-order valence-electron chi connectivity index (χ3n) is 6.01. The molecular weight excluding hydrogens is 441 g/mol. The lowest BCUT2D eigenvalue weighted by molar-refractivity contribution is -0.274. The largest absolute Gasteiger partial charge is 0.573 e. The molecule has 2 aliphatic heterocycles. The summed E-state index contributed by atoms with van der Waals surface area (Å²) in [4.78, 5) is 30.5. The number of hydrogen-bond acceptors (Lipinski definition) is 6. The number of likely N-dealkylation sites (N-methyl/N-ethyl adjacent to an activating group) is 1. The molecule has 2 saturated heterocycles. The molecule has 2 aliphatic rings. The van der Waals surface area contributed by atoms with Crippen LogP contribution in [0.25, 0.3) is 0 Å². The Morgan fingerprint density at radius 1 is 1.15 bits per heavy atom. The molecule has 5 N–H and O–H groups in total. The van der Waals surface area contributed by atoms with Crippen molar-refractivity contribution in [3.8, 4) is 5.75 Å². The monoisotopic (exact) mass is 470 g/mol. The van der Waals surface area contributed by atoms with Gasteiger partial charge in [-0.1, -0.05) is 12.1 Å². The number of hydrogen-bond donors (Lipinski definition) is 3. The average molecular weight is 470 g/mol. The lowest BCUT2D eigenvalue weighted by Crippen LogP contribution is -2.44. The Labute approximate surface area is 190 Å². The lowest BCUT2D eigenvalue weighted by Gasteiger charge is -2.27. The van der Waals surface area contributed by atoms with Gasteiger partial charge in [0.25, 0.3) is 0 Å². The highest BCUT2D eigenvalue weighted by Gasteiger charge is 2.43. The number of carbonyl (C=O) groups is 2. The highest BCUT2D eigenvalue weighted by atomic mass is 19.4. The van der Waals surface area contributed by atoms with Crippen LogP contribution in [0.4, 0.5) is 18.0 Å². The molecule has 3 amide bonds. The number of likely N-dealkylation sites (tertiary alicyclic amines) is 2. The van der Waals surface area contributed by atoms with E-state index in [1.165, 1.54) is 35.4 Å². The zero-order chi connectivity index (χ0) is 24.2. The minimum atomic E-state index is -4.73. The SMILES string of the molecule is CN(C/C(=C/N)NN)C(=O)N1C[C@H]2CN(C(=O)CCc3ccc(OC(F)(F)F)cc3)C[C@H]2C1. The molecule has 0 aromatic heterocycles. The van der Waals surface area contributed by atoms with Crippen molar-refractivity contribution in [3.05, 3.63) is 41.7 Å². The molecule has 1 aromatic carbocycles. The van der Waals surface area contributed by atoms with Crippen LogP contribution in [-0.4, -0.2) is 72.8 Å². The Hall–Kier alpha value is -3.15. The van der Waals surface area contributed by atoms with E-state index in [-0.39, 0.29) is 42.5 Å². The Morgan fingerprint density at radius 3 is 2.24 bits per heavy atom. The van der Waals surface area contributed by atoms with Crippen molar-refractivity contribution in [2.24, 2.45) is 23.4 Å². The first kappa shape index (κ1) is 24.5. The fourth-order valence-electron chi connectivity index (χ4n) is 4.33. The van der Waals surface area contributed by atoms with Crippen molar-refractivity contribution < 1.29 is 27.5 Å². The summed E-state index contributed by atoms with van der Waals surface area (Å²) in [6.07, 6.45) is -2.72. The fraction of sp³-hybridized carbons (Fsp3) is 0.524. The number of hydrazine groups is 1. The van der Waals surface area contributed by atoms with Gasteiger partial charge >= 0.3 is 12.4 Å². The standard InChI is InChI=1S/C21H29F3N6O3/c1-28(13-17(8-25)27-26)20(32)30-11-15-9-29(10-16(15)12-30)19(31)7-4-14-2-5-18(6-3-14)33-21(22,23)24/h2-3,5-6,8,15-16,27H,4,7,9-13,25-26H2,1H3/b17-8-/t15-,16+. The number of rotatable bonds is 7. The van der Waals surface area contributed by atoms with Gasteiger partial charge in [-0.05, 0) is 24.1 Å². The first-order valence-electron chi connectivity index (χ1n) is 10.6. The van der Waals surface area contributed by atoms with Crippen LogP contribution in [0, 0.1) is 11.8 Å². The van der Waals surface area contributed by atoms with Gasteiger partial charge in [0.2, 0.25) is 5.91 Å². The molecule has 9 nitrogen and oxygen atoms in total. The van der Waals surface area contributed by atoms with Crippen molar-refractivity contribution in [2.75, 3.05) is 39.8 Å². The third kappa shape index (κ3) is 6.44. The fourth-order valence-corrected chi connectivity index (χ4v) is 4.33. The van der Waals surface area contributed by atoms with Gasteiger partial charge in [0, 0.05) is 57.7 Å². The van der Waals surface area contributed by atoms with Gasteiger partial charge in [0.15, 0.2) is 0 Å². The van der Waals surface area contributed by atoms with Crippen molar-refractivity contribution in [1.82, 2.24) is 20.1 Å². The quantitative estimate of drug-likeness (QED) is 0.408. The summed E-state index contributed by atoms with van der Waals surface area (Å²) >= 11 is 0. The highest BCUT2D eigenvalue weighted by Crippen LogP contribution is 2.32. The van der Waals surface area contributed by atoms with Gasteiger partial charge in [-0.15, -0.1) is 13.2 Å². The molecule has 0 bridgehead atoms. The second-order valence-corrected chi connectivity index (χ2v) is 8.39. The normalized spacial score (nSPS) is 20.6. The van der Waals surface area contributed by atoms with Crippen LogP contribution in [-0.2, 0) is 11.2 Å². The number of urea groups is 1. The number of halogens is 3. The number of nitrogens with two attached hydrogens (primary N) is 2. The summed E-state index contributed by atoms with van der Waals surface area (Å²) in [5.41, 5.74) is 9.19. The topological polar surface area (TPSA) is 117 Å². The maximum Gasteiger partial charge on any atom is 0.573 e. The van der Waals surface area contributed by atoms with E-state index in [9.17, 15) is 22.8 Å². The van der Waals surface area contributed by atoms with Gasteiger partial charge in [-0.3, -0.25) is 10.6 Å². The molecule has 33 heavy (non-hydrogen) atoms. The molecule has 0 saturated carbocycles. The first-order valence-corrected chi connectivity index (χ1v) is 10.6. The van der Waals surface area contributed by atoms with E-state index in [4.69, 9.17) is 11.6 Å². The van der Waals surface area contributed by atoms with Crippen LogP contribution >= 0.6 is 0 Å². The lowest BCUT2D eigenvalue weighted by atomic mass is 10.0. The maximum absolute atomic E-state index is 12.7. The third-order valence-corrected chi connectivity index (χ3v) is 6.01. The predicted octanol–water partition coefficient (Wildman–Crippen LogP) is 1.22. The molecule has 182 valence electrons. The van der Waals surface area contributed by atoms with Crippen LogP contribution < -0.4 is 21.7 Å². The summed E-state index contributed by atoms with van der Waals surface area (Å²) in [5, 5.41) is 0. The molecular formula is C21H29F3N6O3. The molecule has 2 heterocycles. The number of benzene rings is 1. The average Bonchev–Trinajstić information content (AvgIpc) is 3.34. The number of fused-ring (bicyclic) bond motifs is 1. The minimum absolute atomic E-state index is 0.00163. The number of ether oxygens (including phenoxy) is 1. The van der Waals surface area contributed by atoms with Gasteiger partial charge < -0.3 is 30.6 Å². The Balaban J connectivity index is 1.44. The van der Waals surface area contributed by atoms with Crippen molar-refractivity contribution in [2.45, 2.75) is 19.2 Å². The van der Waals surface area contributed by atoms with E-state index >= 15 is 0 Å². The summed E-state index contributed by atoms with van der Waals surface area (Å²) in [6.45, 7) is 2.61. The van der Waals surface area contributed by atoms with Gasteiger partial charge in [0.05, 0.1) is 12.2 Å². The smallest absolute Gasteiger partial charge is 0.406 e. The number of aryl methyl sites for hydroxylation is 1. The van der Waals surface area contributed by atoms with E-state index in [2.05, 4.69) is 10.2 Å². The van der Waals surface area contributed by atoms with Gasteiger partial charge in [-0.2, -0.15) is 0 Å². The van der Waals surface area contributed by atoms with E-state index in [1.54, 1.807) is 11.9 Å². The Morgan fingerprint density at radius 2 is 1.73 bits per heavy atom. The molecule has 0 radical (unpaired) electrons. The summed E-state index contributed by atoms with van der Waals surface area (Å²) < 4.78 is 40.6. The minimum Gasteiger partial charge on any atom is -0.406 e. The van der Waals surface area contributed by atoms with Crippen molar-refractivity contribution in [3.63, 3.8) is 0 Å². The predicted molar refractivity (Wildman–Crippen MR) is 114 cm³/mol. The summed E-state index contributed by atoms with van der Waals surface area (Å²) in [6, 6.07) is 5.42. The van der Waals surface area contributed by atoms with Crippen LogP contribution in [0.5, 0.6) is 5.75 Å². The molecule has 3 rings (SSSR count). The molecule has 0 unspecified atom stereocenters. The number of carbonyl (C=O) groups excluding carboxylic acids is 2. The summed E-state index contributed by atoms with van der Waals surface area (Å²) in [7, 11) is 1.68. The van der Waals surface area contributed by atoms with Crippen LogP contribution in [0.1, 0.15) is 12.0 Å². The number of nitrogens with zero attached hydrogens (tertiary/aromatic N) is 3. The van der Waals surface area contributed by atoms with Crippen LogP contribution in [0.2, 0.25) is 0 Å². The molecule has 0 aliphatic carbocycles. The van der Waals surface area contributed by atoms with Crippen LogP contribution in [0.3, 0.4) is 0 Å². The highest BCUT2D eigenvalue weighted by molar-refractivity contribution is 5.77. The summed E-state index contributed by atoms with van der Waals surface area (Å²) in [5.74, 6) is 5.52. The molecule has 2 atom stereocenters.